The van der Waals surface area contributed by atoms with Crippen LogP contribution in [0, 0.1) is 0 Å². The Labute approximate surface area is 93.5 Å². The molecule has 1 fully saturated rings. The summed E-state index contributed by atoms with van der Waals surface area (Å²) in [7, 11) is 0. The van der Waals surface area contributed by atoms with E-state index in [1.807, 2.05) is 6.08 Å². The summed E-state index contributed by atoms with van der Waals surface area (Å²) in [5.41, 5.74) is 1.37. The van der Waals surface area contributed by atoms with Crippen molar-refractivity contribution in [2.75, 3.05) is 13.1 Å². The second kappa shape index (κ2) is 4.30. The van der Waals surface area contributed by atoms with Crippen molar-refractivity contribution < 1.29 is 0 Å². The highest BCUT2D eigenvalue weighted by atomic mass is 79.9. The summed E-state index contributed by atoms with van der Waals surface area (Å²) in [4.78, 5) is 6.98. The van der Waals surface area contributed by atoms with Crippen LogP contribution < -0.4 is 0 Å². The van der Waals surface area contributed by atoms with Gasteiger partial charge in [0.05, 0.1) is 0 Å². The molecule has 0 spiro atoms. The van der Waals surface area contributed by atoms with E-state index >= 15 is 0 Å². The molecule has 2 aliphatic heterocycles. The Balaban J connectivity index is 2.26. The highest BCUT2D eigenvalue weighted by molar-refractivity contribution is 9.18. The summed E-state index contributed by atoms with van der Waals surface area (Å²) in [6, 6.07) is 0. The van der Waals surface area contributed by atoms with E-state index in [-0.39, 0.29) is 0 Å². The quantitative estimate of drug-likeness (QED) is 0.703. The first-order valence-corrected chi connectivity index (χ1v) is 5.92. The maximum atomic E-state index is 4.59. The van der Waals surface area contributed by atoms with Crippen LogP contribution in [0.25, 0.3) is 0 Å². The molecule has 1 saturated heterocycles. The van der Waals surface area contributed by atoms with Crippen molar-refractivity contribution in [3.63, 3.8) is 0 Å². The standard InChI is InChI=1S/C11H15BrN2/c1-9-5-4-6-10(12)13-11(9)14-7-2-3-8-14/h4,6H,2-3,5,7-8H2,1H3. The molecule has 0 unspecified atom stereocenters. The molecule has 0 atom stereocenters. The predicted octanol–water partition coefficient (Wildman–Crippen LogP) is 3.07. The number of halogens is 1. The number of allylic oxidation sites excluding steroid dienone is 3. The van der Waals surface area contributed by atoms with Crippen LogP contribution in [0.15, 0.2) is 28.5 Å². The van der Waals surface area contributed by atoms with Gasteiger partial charge in [0.25, 0.3) is 0 Å². The zero-order chi connectivity index (χ0) is 9.97. The first-order chi connectivity index (χ1) is 6.77. The largest absolute Gasteiger partial charge is 0.357 e. The van der Waals surface area contributed by atoms with Crippen LogP contribution >= 0.6 is 15.9 Å². The van der Waals surface area contributed by atoms with Crippen molar-refractivity contribution in [2.24, 2.45) is 4.99 Å². The second-order valence-electron chi connectivity index (χ2n) is 3.84. The van der Waals surface area contributed by atoms with Gasteiger partial charge in [0.15, 0.2) is 0 Å². The Kier molecular flexibility index (Phi) is 3.06. The molecule has 0 radical (unpaired) electrons. The lowest BCUT2D eigenvalue weighted by atomic mass is 10.2. The zero-order valence-electron chi connectivity index (χ0n) is 8.46. The fourth-order valence-corrected chi connectivity index (χ4v) is 2.28. The van der Waals surface area contributed by atoms with Crippen LogP contribution in [-0.4, -0.2) is 22.6 Å². The van der Waals surface area contributed by atoms with Crippen molar-refractivity contribution in [1.82, 2.24) is 4.90 Å². The van der Waals surface area contributed by atoms with E-state index in [0.29, 0.717) is 0 Å². The van der Waals surface area contributed by atoms with E-state index < -0.39 is 0 Å². The lowest BCUT2D eigenvalue weighted by Gasteiger charge is -2.19. The minimum absolute atomic E-state index is 0.941. The first-order valence-electron chi connectivity index (χ1n) is 5.13. The third-order valence-corrected chi connectivity index (χ3v) is 3.12. The lowest BCUT2D eigenvalue weighted by Crippen LogP contribution is -2.18. The fraction of sp³-hybridized carbons (Fsp3) is 0.545. The molecule has 0 amide bonds. The van der Waals surface area contributed by atoms with Gasteiger partial charge in [0.2, 0.25) is 0 Å². The van der Waals surface area contributed by atoms with Crippen molar-refractivity contribution in [2.45, 2.75) is 26.2 Å². The molecule has 76 valence electrons. The third-order valence-electron chi connectivity index (χ3n) is 2.68. The topological polar surface area (TPSA) is 15.6 Å². The van der Waals surface area contributed by atoms with Crippen molar-refractivity contribution in [3.05, 3.63) is 23.5 Å². The number of nitrogens with zero attached hydrogens (tertiary/aromatic N) is 2. The number of rotatable bonds is 1. The summed E-state index contributed by atoms with van der Waals surface area (Å²) in [5.74, 6) is 1.18. The van der Waals surface area contributed by atoms with Gasteiger partial charge in [-0.15, -0.1) is 0 Å². The Bertz CT molecular complexity index is 309. The van der Waals surface area contributed by atoms with Crippen LogP contribution in [0.5, 0.6) is 0 Å². The van der Waals surface area contributed by atoms with Gasteiger partial charge < -0.3 is 4.90 Å². The van der Waals surface area contributed by atoms with Crippen LogP contribution in [0.4, 0.5) is 0 Å². The first kappa shape index (κ1) is 9.97. The van der Waals surface area contributed by atoms with Gasteiger partial charge >= 0.3 is 0 Å². The maximum absolute atomic E-state index is 4.59. The predicted molar refractivity (Wildman–Crippen MR) is 63.6 cm³/mol. The van der Waals surface area contributed by atoms with E-state index in [1.165, 1.54) is 24.2 Å². The van der Waals surface area contributed by atoms with Gasteiger partial charge in [-0.25, -0.2) is 4.99 Å². The molecule has 0 aromatic heterocycles. The smallest absolute Gasteiger partial charge is 0.129 e. The van der Waals surface area contributed by atoms with Crippen LogP contribution in [0.2, 0.25) is 0 Å². The Hall–Kier alpha value is -0.570. The molecule has 2 nitrogen and oxygen atoms in total. The summed E-state index contributed by atoms with van der Waals surface area (Å²) in [5, 5.41) is 0. The average Bonchev–Trinajstić information content (AvgIpc) is 2.61. The van der Waals surface area contributed by atoms with Gasteiger partial charge in [-0.2, -0.15) is 0 Å². The second-order valence-corrected chi connectivity index (χ2v) is 4.65. The Morgan fingerprint density at radius 1 is 1.36 bits per heavy atom. The number of aliphatic imine (C=N–C) groups is 1. The molecule has 0 saturated carbocycles. The maximum Gasteiger partial charge on any atom is 0.129 e. The van der Waals surface area contributed by atoms with Gasteiger partial charge in [-0.1, -0.05) is 6.08 Å². The molecule has 2 aliphatic rings. The van der Waals surface area contributed by atoms with Crippen LogP contribution in [0.3, 0.4) is 0 Å². The minimum atomic E-state index is 0.941. The average molecular weight is 255 g/mol. The van der Waals surface area contributed by atoms with E-state index in [1.54, 1.807) is 0 Å². The Morgan fingerprint density at radius 3 is 2.79 bits per heavy atom. The summed E-state index contributed by atoms with van der Waals surface area (Å²) >= 11 is 3.46. The third kappa shape index (κ3) is 2.08. The normalized spacial score (nSPS) is 22.7. The number of hydrogen-bond donors (Lipinski definition) is 0. The molecule has 3 heteroatoms. The molecule has 0 aromatic carbocycles. The van der Waals surface area contributed by atoms with E-state index in [4.69, 9.17) is 0 Å². The molecular formula is C11H15BrN2. The molecule has 14 heavy (non-hydrogen) atoms. The van der Waals surface area contributed by atoms with E-state index in [0.717, 1.165) is 24.1 Å². The van der Waals surface area contributed by atoms with Crippen LogP contribution in [-0.2, 0) is 0 Å². The van der Waals surface area contributed by atoms with Crippen molar-refractivity contribution in [1.29, 1.82) is 0 Å². The summed E-state index contributed by atoms with van der Waals surface area (Å²) in [6.45, 7) is 4.50. The van der Waals surface area contributed by atoms with Gasteiger partial charge in [0.1, 0.15) is 10.4 Å². The molecule has 2 rings (SSSR count). The molecule has 0 aliphatic carbocycles. The zero-order valence-corrected chi connectivity index (χ0v) is 10.0. The number of likely N-dealkylation sites (tertiary alicyclic amines) is 1. The van der Waals surface area contributed by atoms with Gasteiger partial charge in [0, 0.05) is 13.1 Å². The van der Waals surface area contributed by atoms with E-state index in [9.17, 15) is 0 Å². The fourth-order valence-electron chi connectivity index (χ4n) is 1.93. The molecule has 0 N–H and O–H groups in total. The van der Waals surface area contributed by atoms with Crippen LogP contribution in [0.1, 0.15) is 26.2 Å². The minimum Gasteiger partial charge on any atom is -0.357 e. The summed E-state index contributed by atoms with van der Waals surface area (Å²) in [6.07, 6.45) is 7.82. The highest BCUT2D eigenvalue weighted by Gasteiger charge is 2.17. The van der Waals surface area contributed by atoms with Crippen molar-refractivity contribution >= 4 is 20.6 Å². The van der Waals surface area contributed by atoms with E-state index in [2.05, 4.69) is 38.8 Å². The number of hydrogen-bond acceptors (Lipinski definition) is 2. The SMILES string of the molecule is CC1=C(N2CCCC2)N=C(Br)C=CC1. The monoisotopic (exact) mass is 254 g/mol. The molecule has 0 aromatic rings. The molecule has 0 bridgehead atoms. The van der Waals surface area contributed by atoms with Gasteiger partial charge in [-0.05, 0) is 53.8 Å². The molecular weight excluding hydrogens is 240 g/mol. The summed E-state index contributed by atoms with van der Waals surface area (Å²) < 4.78 is 0.941. The Morgan fingerprint density at radius 2 is 2.07 bits per heavy atom. The van der Waals surface area contributed by atoms with Gasteiger partial charge in [-0.3, -0.25) is 0 Å². The lowest BCUT2D eigenvalue weighted by molar-refractivity contribution is 0.417. The molecule has 2 heterocycles. The van der Waals surface area contributed by atoms with Crippen molar-refractivity contribution in [3.8, 4) is 0 Å². The highest BCUT2D eigenvalue weighted by Crippen LogP contribution is 2.23.